The number of ether oxygens (including phenoxy) is 2. The summed E-state index contributed by atoms with van der Waals surface area (Å²) in [5.74, 6) is 1.11. The summed E-state index contributed by atoms with van der Waals surface area (Å²) in [6, 6.07) is 10.1. The van der Waals surface area contributed by atoms with Gasteiger partial charge in [0.15, 0.2) is 11.5 Å². The highest BCUT2D eigenvalue weighted by Crippen LogP contribution is 2.34. The molecule has 0 saturated heterocycles. The van der Waals surface area contributed by atoms with E-state index in [-0.39, 0.29) is 24.0 Å². The quantitative estimate of drug-likeness (QED) is 0.573. The zero-order valence-electron chi connectivity index (χ0n) is 17.4. The van der Waals surface area contributed by atoms with E-state index in [0.29, 0.717) is 42.3 Å². The molecule has 2 heterocycles. The van der Waals surface area contributed by atoms with Crippen LogP contribution in [0.25, 0.3) is 11.0 Å². The lowest BCUT2D eigenvalue weighted by atomic mass is 10.2. The molecule has 31 heavy (non-hydrogen) atoms. The van der Waals surface area contributed by atoms with Crippen LogP contribution < -0.4 is 14.8 Å². The van der Waals surface area contributed by atoms with Crippen molar-refractivity contribution in [1.29, 1.82) is 0 Å². The number of rotatable bonds is 8. The lowest BCUT2D eigenvalue weighted by molar-refractivity contribution is -0.116. The van der Waals surface area contributed by atoms with E-state index in [0.717, 1.165) is 5.52 Å². The monoisotopic (exact) mass is 444 g/mol. The molecule has 9 nitrogen and oxygen atoms in total. The van der Waals surface area contributed by atoms with Crippen LogP contribution in [0.3, 0.4) is 0 Å². The van der Waals surface area contributed by atoms with Crippen LogP contribution in [0.4, 0.5) is 5.69 Å². The van der Waals surface area contributed by atoms with E-state index in [2.05, 4.69) is 10.3 Å². The predicted octanol–water partition coefficient (Wildman–Crippen LogP) is 2.82. The molecular weight excluding hydrogens is 420 g/mol. The average Bonchev–Trinajstić information content (AvgIpc) is 3.39. The number of sulfonamides is 1. The summed E-state index contributed by atoms with van der Waals surface area (Å²) < 4.78 is 39.3. The molecule has 4 rings (SSSR count). The highest BCUT2D eigenvalue weighted by molar-refractivity contribution is 7.89. The first-order valence-electron chi connectivity index (χ1n) is 10.1. The molecule has 0 saturated carbocycles. The Labute approximate surface area is 180 Å². The van der Waals surface area contributed by atoms with E-state index in [1.54, 1.807) is 42.7 Å². The van der Waals surface area contributed by atoms with Crippen LogP contribution in [-0.2, 0) is 21.4 Å². The van der Waals surface area contributed by atoms with E-state index in [1.807, 2.05) is 18.4 Å². The molecule has 1 aromatic heterocycles. The molecule has 0 spiro atoms. The van der Waals surface area contributed by atoms with Gasteiger partial charge < -0.3 is 19.4 Å². The van der Waals surface area contributed by atoms with E-state index < -0.39 is 10.0 Å². The third-order valence-electron chi connectivity index (χ3n) is 5.17. The van der Waals surface area contributed by atoms with E-state index in [9.17, 15) is 13.2 Å². The van der Waals surface area contributed by atoms with Crippen LogP contribution in [-0.4, -0.2) is 48.1 Å². The molecule has 3 aromatic rings. The molecule has 2 aromatic carbocycles. The number of nitrogens with one attached hydrogen (secondary N) is 1. The third kappa shape index (κ3) is 4.21. The molecule has 0 atom stereocenters. The Morgan fingerprint density at radius 1 is 1.13 bits per heavy atom. The number of benzene rings is 2. The van der Waals surface area contributed by atoms with Crippen molar-refractivity contribution in [2.75, 3.05) is 25.2 Å². The third-order valence-corrected chi connectivity index (χ3v) is 7.22. The maximum atomic E-state index is 12.7. The number of carbonyl (C=O) groups excluding carboxylic acids is 1. The number of hydrogen-bond acceptors (Lipinski definition) is 6. The number of nitrogens with zero attached hydrogens (tertiary/aromatic N) is 3. The summed E-state index contributed by atoms with van der Waals surface area (Å²) >= 11 is 0. The van der Waals surface area contributed by atoms with Crippen molar-refractivity contribution in [1.82, 2.24) is 13.9 Å². The fraction of sp³-hybridized carbons (Fsp3) is 0.333. The topological polar surface area (TPSA) is 103 Å². The van der Waals surface area contributed by atoms with Crippen LogP contribution in [0, 0.1) is 0 Å². The maximum Gasteiger partial charge on any atom is 0.243 e. The molecule has 0 bridgehead atoms. The van der Waals surface area contributed by atoms with Gasteiger partial charge in [-0.3, -0.25) is 4.79 Å². The first kappa shape index (κ1) is 21.1. The number of imidazole rings is 1. The number of aromatic nitrogens is 2. The van der Waals surface area contributed by atoms with E-state index in [4.69, 9.17) is 9.47 Å². The number of carbonyl (C=O) groups is 1. The van der Waals surface area contributed by atoms with Gasteiger partial charge in [-0.05, 0) is 30.3 Å². The standard InChI is InChI=1S/C21H24N4O5S/c1-3-25(4-2)31(27,28)16-6-7-18-17(12-16)22-13-24(18)10-9-21(26)23-15-5-8-19-20(11-15)30-14-29-19/h5-8,11-13H,3-4,9-10,14H2,1-2H3,(H,23,26). The Kier molecular flexibility index (Phi) is 5.84. The Morgan fingerprint density at radius 2 is 1.90 bits per heavy atom. The van der Waals surface area contributed by atoms with Gasteiger partial charge in [-0.25, -0.2) is 13.4 Å². The van der Waals surface area contributed by atoms with E-state index in [1.165, 1.54) is 4.31 Å². The lowest BCUT2D eigenvalue weighted by Gasteiger charge is -2.18. The average molecular weight is 445 g/mol. The molecule has 0 aliphatic carbocycles. The van der Waals surface area contributed by atoms with Gasteiger partial charge >= 0.3 is 0 Å². The van der Waals surface area contributed by atoms with Crippen molar-refractivity contribution in [3.05, 3.63) is 42.7 Å². The van der Waals surface area contributed by atoms with Crippen molar-refractivity contribution < 1.29 is 22.7 Å². The number of anilines is 1. The van der Waals surface area contributed by atoms with Crippen molar-refractivity contribution in [3.8, 4) is 11.5 Å². The summed E-state index contributed by atoms with van der Waals surface area (Å²) in [5, 5.41) is 2.84. The van der Waals surface area contributed by atoms with Crippen LogP contribution in [0.5, 0.6) is 11.5 Å². The molecule has 0 fully saturated rings. The number of aryl methyl sites for hydroxylation is 1. The Hall–Kier alpha value is -3.11. The van der Waals surface area contributed by atoms with E-state index >= 15 is 0 Å². The highest BCUT2D eigenvalue weighted by Gasteiger charge is 2.22. The molecule has 1 aliphatic heterocycles. The number of fused-ring (bicyclic) bond motifs is 2. The Morgan fingerprint density at radius 3 is 2.68 bits per heavy atom. The smallest absolute Gasteiger partial charge is 0.243 e. The van der Waals surface area contributed by atoms with Gasteiger partial charge in [0.1, 0.15) is 0 Å². The number of hydrogen-bond donors (Lipinski definition) is 1. The predicted molar refractivity (Wildman–Crippen MR) is 116 cm³/mol. The van der Waals surface area contributed by atoms with Gasteiger partial charge in [0.25, 0.3) is 0 Å². The molecule has 1 aliphatic rings. The summed E-state index contributed by atoms with van der Waals surface area (Å²) in [6.45, 7) is 5.02. The largest absolute Gasteiger partial charge is 0.454 e. The fourth-order valence-electron chi connectivity index (χ4n) is 3.51. The van der Waals surface area contributed by atoms with Crippen LogP contribution in [0.15, 0.2) is 47.6 Å². The highest BCUT2D eigenvalue weighted by atomic mass is 32.2. The molecular formula is C21H24N4O5S. The Balaban J connectivity index is 1.44. The van der Waals surface area contributed by atoms with Gasteiger partial charge in [0.05, 0.1) is 22.3 Å². The summed E-state index contributed by atoms with van der Waals surface area (Å²) in [5.41, 5.74) is 1.98. The van der Waals surface area contributed by atoms with Crippen LogP contribution in [0.2, 0.25) is 0 Å². The SMILES string of the molecule is CCN(CC)S(=O)(=O)c1ccc2c(c1)ncn2CCC(=O)Nc1ccc2c(c1)OCO2. The second kappa shape index (κ2) is 8.56. The molecule has 1 N–H and O–H groups in total. The van der Waals surface area contributed by atoms with Gasteiger partial charge in [-0.2, -0.15) is 4.31 Å². The second-order valence-corrected chi connectivity index (χ2v) is 8.98. The van der Waals surface area contributed by atoms with Crippen molar-refractivity contribution in [2.24, 2.45) is 0 Å². The minimum Gasteiger partial charge on any atom is -0.454 e. The summed E-state index contributed by atoms with van der Waals surface area (Å²) in [7, 11) is -3.55. The summed E-state index contributed by atoms with van der Waals surface area (Å²) in [4.78, 5) is 16.9. The minimum absolute atomic E-state index is 0.151. The number of amides is 1. The lowest BCUT2D eigenvalue weighted by Crippen LogP contribution is -2.30. The minimum atomic E-state index is -3.55. The van der Waals surface area contributed by atoms with Gasteiger partial charge in [-0.15, -0.1) is 0 Å². The van der Waals surface area contributed by atoms with Crippen LogP contribution in [0.1, 0.15) is 20.3 Å². The van der Waals surface area contributed by atoms with Gasteiger partial charge in [0.2, 0.25) is 22.7 Å². The molecule has 164 valence electrons. The molecule has 0 unspecified atom stereocenters. The zero-order valence-corrected chi connectivity index (χ0v) is 18.2. The molecule has 0 radical (unpaired) electrons. The fourth-order valence-corrected chi connectivity index (χ4v) is 4.99. The maximum absolute atomic E-state index is 12.7. The first-order chi connectivity index (χ1) is 14.9. The molecule has 10 heteroatoms. The Bertz CT molecular complexity index is 1220. The van der Waals surface area contributed by atoms with Crippen molar-refractivity contribution in [2.45, 2.75) is 31.7 Å². The summed E-state index contributed by atoms with van der Waals surface area (Å²) in [6.07, 6.45) is 1.85. The van der Waals surface area contributed by atoms with Gasteiger partial charge in [0, 0.05) is 37.8 Å². The molecule has 1 amide bonds. The normalized spacial score (nSPS) is 13.1. The van der Waals surface area contributed by atoms with Crippen molar-refractivity contribution >= 4 is 32.7 Å². The first-order valence-corrected chi connectivity index (χ1v) is 11.5. The second-order valence-electron chi connectivity index (χ2n) is 7.04. The van der Waals surface area contributed by atoms with Crippen molar-refractivity contribution in [3.63, 3.8) is 0 Å². The van der Waals surface area contributed by atoms with Gasteiger partial charge in [-0.1, -0.05) is 13.8 Å². The zero-order chi connectivity index (χ0) is 22.0. The van der Waals surface area contributed by atoms with Crippen LogP contribution >= 0.6 is 0 Å².